The molecule has 0 aliphatic carbocycles. The van der Waals surface area contributed by atoms with Crippen LogP contribution in [0.2, 0.25) is 5.02 Å². The van der Waals surface area contributed by atoms with Crippen molar-refractivity contribution in [3.63, 3.8) is 0 Å². The van der Waals surface area contributed by atoms with Crippen molar-refractivity contribution in [2.45, 2.75) is 20.4 Å². The number of hydrogen-bond acceptors (Lipinski definition) is 3. The van der Waals surface area contributed by atoms with Gasteiger partial charge in [-0.1, -0.05) is 29.8 Å². The highest BCUT2D eigenvalue weighted by atomic mass is 35.5. The SMILES string of the molecule is Cc1ccc(NCc2cccc(Cl)c2O)c(C)c1O. The molecule has 0 amide bonds. The zero-order valence-corrected chi connectivity index (χ0v) is 11.6. The lowest BCUT2D eigenvalue weighted by molar-refractivity contribution is 0.467. The summed E-state index contributed by atoms with van der Waals surface area (Å²) >= 11 is 5.86. The van der Waals surface area contributed by atoms with Crippen molar-refractivity contribution in [3.8, 4) is 11.5 Å². The molecular formula is C15H16ClNO2. The van der Waals surface area contributed by atoms with E-state index in [0.29, 0.717) is 22.9 Å². The fourth-order valence-corrected chi connectivity index (χ4v) is 2.11. The molecule has 0 saturated carbocycles. The number of nitrogens with one attached hydrogen (secondary N) is 1. The quantitative estimate of drug-likeness (QED) is 0.795. The van der Waals surface area contributed by atoms with E-state index in [1.54, 1.807) is 18.2 Å². The lowest BCUT2D eigenvalue weighted by atomic mass is 10.1. The van der Waals surface area contributed by atoms with Crippen LogP contribution in [0, 0.1) is 13.8 Å². The van der Waals surface area contributed by atoms with Crippen molar-refractivity contribution >= 4 is 17.3 Å². The average molecular weight is 278 g/mol. The van der Waals surface area contributed by atoms with Gasteiger partial charge in [0.25, 0.3) is 0 Å². The van der Waals surface area contributed by atoms with Gasteiger partial charge < -0.3 is 15.5 Å². The molecule has 0 aliphatic heterocycles. The van der Waals surface area contributed by atoms with Crippen LogP contribution in [0.1, 0.15) is 16.7 Å². The molecular weight excluding hydrogens is 262 g/mol. The number of rotatable bonds is 3. The predicted octanol–water partition coefficient (Wildman–Crippen LogP) is 3.98. The molecule has 0 unspecified atom stereocenters. The molecule has 3 nitrogen and oxygen atoms in total. The summed E-state index contributed by atoms with van der Waals surface area (Å²) in [6, 6.07) is 8.99. The van der Waals surface area contributed by atoms with Gasteiger partial charge in [-0.3, -0.25) is 0 Å². The van der Waals surface area contributed by atoms with Crippen molar-refractivity contribution < 1.29 is 10.2 Å². The second-order valence-corrected chi connectivity index (χ2v) is 4.91. The Morgan fingerprint density at radius 3 is 2.53 bits per heavy atom. The third-order valence-corrected chi connectivity index (χ3v) is 3.48. The maximum absolute atomic E-state index is 9.87. The fourth-order valence-electron chi connectivity index (χ4n) is 1.92. The number of phenols is 2. The van der Waals surface area contributed by atoms with Crippen molar-refractivity contribution in [2.75, 3.05) is 5.32 Å². The van der Waals surface area contributed by atoms with Crippen LogP contribution in [0.25, 0.3) is 0 Å². The topological polar surface area (TPSA) is 52.5 Å². The first-order chi connectivity index (χ1) is 9.00. The number of halogens is 1. The summed E-state index contributed by atoms with van der Waals surface area (Å²) < 4.78 is 0. The first-order valence-electron chi connectivity index (χ1n) is 6.00. The Labute approximate surface area is 117 Å². The Balaban J connectivity index is 2.20. The smallest absolute Gasteiger partial charge is 0.139 e. The molecule has 0 spiro atoms. The molecule has 0 aliphatic rings. The van der Waals surface area contributed by atoms with E-state index in [4.69, 9.17) is 11.6 Å². The minimum atomic E-state index is 0.0886. The molecule has 19 heavy (non-hydrogen) atoms. The number of aromatic hydroxyl groups is 2. The molecule has 3 N–H and O–H groups in total. The minimum Gasteiger partial charge on any atom is -0.507 e. The second-order valence-electron chi connectivity index (χ2n) is 4.50. The van der Waals surface area contributed by atoms with Crippen LogP contribution < -0.4 is 5.32 Å². The van der Waals surface area contributed by atoms with Gasteiger partial charge in [0.05, 0.1) is 5.02 Å². The van der Waals surface area contributed by atoms with Gasteiger partial charge in [-0.05, 0) is 31.5 Å². The van der Waals surface area contributed by atoms with E-state index in [0.717, 1.165) is 16.8 Å². The van der Waals surface area contributed by atoms with Crippen LogP contribution in [0.15, 0.2) is 30.3 Å². The van der Waals surface area contributed by atoms with Crippen LogP contribution in [-0.4, -0.2) is 10.2 Å². The van der Waals surface area contributed by atoms with Crippen LogP contribution in [0.5, 0.6) is 11.5 Å². The Morgan fingerprint density at radius 2 is 1.79 bits per heavy atom. The Morgan fingerprint density at radius 1 is 1.05 bits per heavy atom. The summed E-state index contributed by atoms with van der Waals surface area (Å²) in [5.74, 6) is 0.381. The van der Waals surface area contributed by atoms with Crippen molar-refractivity contribution in [1.82, 2.24) is 0 Å². The molecule has 0 atom stereocenters. The normalized spacial score (nSPS) is 10.5. The van der Waals surface area contributed by atoms with E-state index >= 15 is 0 Å². The van der Waals surface area contributed by atoms with Gasteiger partial charge in [0.2, 0.25) is 0 Å². The van der Waals surface area contributed by atoms with E-state index in [2.05, 4.69) is 5.32 Å². The van der Waals surface area contributed by atoms with Gasteiger partial charge in [0.15, 0.2) is 0 Å². The van der Waals surface area contributed by atoms with Crippen LogP contribution >= 0.6 is 11.6 Å². The zero-order chi connectivity index (χ0) is 14.0. The molecule has 2 aromatic carbocycles. The van der Waals surface area contributed by atoms with E-state index < -0.39 is 0 Å². The monoisotopic (exact) mass is 277 g/mol. The maximum atomic E-state index is 9.87. The summed E-state index contributed by atoms with van der Waals surface area (Å²) in [7, 11) is 0. The first kappa shape index (κ1) is 13.6. The van der Waals surface area contributed by atoms with E-state index in [1.807, 2.05) is 26.0 Å². The maximum Gasteiger partial charge on any atom is 0.139 e. The Bertz CT molecular complexity index is 611. The lowest BCUT2D eigenvalue weighted by Crippen LogP contribution is -2.02. The molecule has 0 bridgehead atoms. The molecule has 0 fully saturated rings. The summed E-state index contributed by atoms with van der Waals surface area (Å²) in [6.45, 7) is 4.15. The Kier molecular flexibility index (Phi) is 3.86. The number of hydrogen-bond donors (Lipinski definition) is 3. The van der Waals surface area contributed by atoms with Crippen LogP contribution in [0.3, 0.4) is 0 Å². The first-order valence-corrected chi connectivity index (χ1v) is 6.38. The largest absolute Gasteiger partial charge is 0.507 e. The predicted molar refractivity (Wildman–Crippen MR) is 78.0 cm³/mol. The highest BCUT2D eigenvalue weighted by Crippen LogP contribution is 2.30. The van der Waals surface area contributed by atoms with E-state index in [9.17, 15) is 10.2 Å². The summed E-state index contributed by atoms with van der Waals surface area (Å²) in [4.78, 5) is 0. The van der Waals surface area contributed by atoms with Gasteiger partial charge in [-0.2, -0.15) is 0 Å². The number of aryl methyl sites for hydroxylation is 1. The molecule has 4 heteroatoms. The highest BCUT2D eigenvalue weighted by Gasteiger charge is 2.08. The average Bonchev–Trinajstić information content (AvgIpc) is 2.40. The highest BCUT2D eigenvalue weighted by molar-refractivity contribution is 6.32. The molecule has 2 aromatic rings. The van der Waals surface area contributed by atoms with Gasteiger partial charge >= 0.3 is 0 Å². The zero-order valence-electron chi connectivity index (χ0n) is 10.9. The number of phenolic OH excluding ortho intramolecular Hbond substituents is 2. The number of para-hydroxylation sites is 1. The number of benzene rings is 2. The minimum absolute atomic E-state index is 0.0886. The third kappa shape index (κ3) is 2.76. The van der Waals surface area contributed by atoms with Gasteiger partial charge in [-0.25, -0.2) is 0 Å². The molecule has 0 radical (unpaired) electrons. The van der Waals surface area contributed by atoms with Crippen molar-refractivity contribution in [1.29, 1.82) is 0 Å². The van der Waals surface area contributed by atoms with Crippen molar-refractivity contribution in [3.05, 3.63) is 52.0 Å². The van der Waals surface area contributed by atoms with Gasteiger partial charge in [0, 0.05) is 23.4 Å². The fraction of sp³-hybridized carbons (Fsp3) is 0.200. The molecule has 100 valence electrons. The Hall–Kier alpha value is -1.87. The van der Waals surface area contributed by atoms with Crippen LogP contribution in [-0.2, 0) is 6.54 Å². The molecule has 0 heterocycles. The lowest BCUT2D eigenvalue weighted by Gasteiger charge is -2.13. The van der Waals surface area contributed by atoms with Crippen LogP contribution in [0.4, 0.5) is 5.69 Å². The summed E-state index contributed by atoms with van der Waals surface area (Å²) in [6.07, 6.45) is 0. The summed E-state index contributed by atoms with van der Waals surface area (Å²) in [5, 5.41) is 23.2. The second kappa shape index (κ2) is 5.41. The third-order valence-electron chi connectivity index (χ3n) is 3.17. The van der Waals surface area contributed by atoms with Crippen molar-refractivity contribution in [2.24, 2.45) is 0 Å². The number of anilines is 1. The van der Waals surface area contributed by atoms with E-state index in [-0.39, 0.29) is 5.75 Å². The van der Waals surface area contributed by atoms with E-state index in [1.165, 1.54) is 0 Å². The van der Waals surface area contributed by atoms with Gasteiger partial charge in [-0.15, -0.1) is 0 Å². The summed E-state index contributed by atoms with van der Waals surface area (Å²) in [5.41, 5.74) is 3.18. The molecule has 2 rings (SSSR count). The van der Waals surface area contributed by atoms with Gasteiger partial charge in [0.1, 0.15) is 11.5 Å². The molecule has 0 saturated heterocycles. The standard InChI is InChI=1S/C15H16ClNO2/c1-9-6-7-13(10(2)14(9)18)17-8-11-4-3-5-12(16)15(11)19/h3-7,17-19H,8H2,1-2H3. The molecule has 0 aromatic heterocycles.